The Bertz CT molecular complexity index is 1060. The van der Waals surface area contributed by atoms with Crippen molar-refractivity contribution in [3.63, 3.8) is 0 Å². The van der Waals surface area contributed by atoms with Gasteiger partial charge in [-0.1, -0.05) is 42.5 Å². The van der Waals surface area contributed by atoms with E-state index in [1.807, 2.05) is 30.3 Å². The zero-order valence-corrected chi connectivity index (χ0v) is 18.6. The molecule has 0 spiro atoms. The summed E-state index contributed by atoms with van der Waals surface area (Å²) in [5.41, 5.74) is 0.887. The molecule has 1 aromatic carbocycles. The molecule has 1 N–H and O–H groups in total. The number of likely N-dealkylation sites (tertiary alicyclic amines) is 3. The summed E-state index contributed by atoms with van der Waals surface area (Å²) in [6, 6.07) is 8.97. The Kier molecular flexibility index (Phi) is 4.82. The van der Waals surface area contributed by atoms with E-state index >= 15 is 0 Å². The van der Waals surface area contributed by atoms with Gasteiger partial charge in [-0.25, -0.2) is 4.79 Å². The summed E-state index contributed by atoms with van der Waals surface area (Å²) in [6.07, 6.45) is 4.99. The lowest BCUT2D eigenvalue weighted by Crippen LogP contribution is -2.45. The predicted molar refractivity (Wildman–Crippen MR) is 118 cm³/mol. The Morgan fingerprint density at radius 1 is 0.824 bits per heavy atom. The molecule has 9 heteroatoms. The molecule has 6 atom stereocenters. The smallest absolute Gasteiger partial charge is 0.317 e. The number of allylic oxidation sites excluding steroid dienone is 2. The number of hydrogen-bond acceptors (Lipinski definition) is 5. The Labute approximate surface area is 196 Å². The third-order valence-corrected chi connectivity index (χ3v) is 8.13. The lowest BCUT2D eigenvalue weighted by Gasteiger charge is -2.22. The highest BCUT2D eigenvalue weighted by Gasteiger charge is 2.59. The number of benzene rings is 1. The summed E-state index contributed by atoms with van der Waals surface area (Å²) in [4.78, 5) is 68.0. The third kappa shape index (κ3) is 3.09. The number of carbonyl (C=O) groups excluding carboxylic acids is 5. The molecular weight excluding hydrogens is 436 g/mol. The number of nitrogens with zero attached hydrogens (tertiary/aromatic N) is 3. The minimum Gasteiger partial charge on any atom is -0.336 e. The molecule has 2 bridgehead atoms. The van der Waals surface area contributed by atoms with Gasteiger partial charge in [0.2, 0.25) is 23.6 Å². The fourth-order valence-electron chi connectivity index (χ4n) is 6.47. The van der Waals surface area contributed by atoms with E-state index in [9.17, 15) is 24.0 Å². The number of nitrogens with one attached hydrogen (secondary N) is 1. The summed E-state index contributed by atoms with van der Waals surface area (Å²) in [7, 11) is 0. The number of rotatable bonds is 5. The van der Waals surface area contributed by atoms with Crippen molar-refractivity contribution >= 4 is 29.7 Å². The van der Waals surface area contributed by atoms with Gasteiger partial charge in [0, 0.05) is 26.2 Å². The first kappa shape index (κ1) is 21.1. The van der Waals surface area contributed by atoms with Gasteiger partial charge in [0.25, 0.3) is 0 Å². The average molecular weight is 463 g/mol. The van der Waals surface area contributed by atoms with Crippen LogP contribution in [-0.2, 0) is 25.7 Å². The van der Waals surface area contributed by atoms with Crippen LogP contribution >= 0.6 is 0 Å². The Balaban J connectivity index is 1.02. The topological polar surface area (TPSA) is 107 Å². The first-order valence-corrected chi connectivity index (χ1v) is 11.9. The van der Waals surface area contributed by atoms with Crippen LogP contribution in [0.5, 0.6) is 0 Å². The summed E-state index contributed by atoms with van der Waals surface area (Å²) in [5.74, 6) is -1.96. The molecule has 6 rings (SSSR count). The fourth-order valence-corrected chi connectivity index (χ4v) is 6.47. The molecule has 3 saturated heterocycles. The van der Waals surface area contributed by atoms with Gasteiger partial charge < -0.3 is 10.2 Å². The van der Waals surface area contributed by atoms with E-state index in [-0.39, 0.29) is 86.1 Å². The van der Waals surface area contributed by atoms with Crippen molar-refractivity contribution in [2.75, 3.05) is 26.2 Å². The van der Waals surface area contributed by atoms with E-state index in [0.717, 1.165) is 12.0 Å². The van der Waals surface area contributed by atoms with E-state index in [1.54, 1.807) is 0 Å². The summed E-state index contributed by atoms with van der Waals surface area (Å²) >= 11 is 0. The monoisotopic (exact) mass is 462 g/mol. The zero-order valence-electron chi connectivity index (χ0n) is 18.6. The Morgan fingerprint density at radius 2 is 1.41 bits per heavy atom. The number of urea groups is 1. The molecule has 3 aliphatic heterocycles. The van der Waals surface area contributed by atoms with E-state index in [0.29, 0.717) is 0 Å². The van der Waals surface area contributed by atoms with E-state index in [1.165, 1.54) is 14.7 Å². The first-order valence-electron chi connectivity index (χ1n) is 11.9. The van der Waals surface area contributed by atoms with Crippen molar-refractivity contribution < 1.29 is 24.0 Å². The highest BCUT2D eigenvalue weighted by molar-refractivity contribution is 6.07. The Hall–Kier alpha value is -3.49. The second-order valence-corrected chi connectivity index (χ2v) is 9.93. The van der Waals surface area contributed by atoms with Crippen molar-refractivity contribution in [2.45, 2.75) is 13.0 Å². The minimum atomic E-state index is -0.522. The van der Waals surface area contributed by atoms with E-state index < -0.39 is 11.8 Å². The number of fused-ring (bicyclic) bond motifs is 6. The average Bonchev–Trinajstić information content (AvgIpc) is 3.64. The number of carbonyl (C=O) groups is 5. The minimum absolute atomic E-state index is 0.133. The quantitative estimate of drug-likeness (QED) is 0.510. The zero-order chi connectivity index (χ0) is 23.6. The van der Waals surface area contributed by atoms with Gasteiger partial charge in [0.15, 0.2) is 0 Å². The number of hydrogen-bond donors (Lipinski definition) is 1. The standard InChI is InChI=1S/C25H26N4O5/c30-21-17-12-27(13-18(17)22(31)29(21)11-14-4-2-1-3-5-14)25(34)26-8-9-28-23(32)19-15-6-7-16(10-15)20(19)24(28)33/h1-7,15-20H,8-13H2,(H,26,34)/t15?,16?,17-,18+,19?,20?. The van der Waals surface area contributed by atoms with Crippen LogP contribution in [0.2, 0.25) is 0 Å². The van der Waals surface area contributed by atoms with Crippen LogP contribution in [0.1, 0.15) is 12.0 Å². The van der Waals surface area contributed by atoms with Crippen LogP contribution in [0.4, 0.5) is 4.79 Å². The van der Waals surface area contributed by atoms with Gasteiger partial charge >= 0.3 is 6.03 Å². The van der Waals surface area contributed by atoms with E-state index in [4.69, 9.17) is 0 Å². The van der Waals surface area contributed by atoms with Gasteiger partial charge in [-0.15, -0.1) is 0 Å². The molecule has 0 radical (unpaired) electrons. The van der Waals surface area contributed by atoms with Crippen LogP contribution in [0.25, 0.3) is 0 Å². The molecule has 9 nitrogen and oxygen atoms in total. The van der Waals surface area contributed by atoms with Crippen molar-refractivity contribution in [2.24, 2.45) is 35.5 Å². The maximum Gasteiger partial charge on any atom is 0.317 e. The molecule has 1 aromatic rings. The third-order valence-electron chi connectivity index (χ3n) is 8.13. The van der Waals surface area contributed by atoms with Crippen molar-refractivity contribution in [1.82, 2.24) is 20.0 Å². The van der Waals surface area contributed by atoms with Crippen LogP contribution < -0.4 is 5.32 Å². The fraction of sp³-hybridized carbons (Fsp3) is 0.480. The second-order valence-electron chi connectivity index (χ2n) is 9.93. The molecule has 2 aliphatic carbocycles. The molecule has 176 valence electrons. The van der Waals surface area contributed by atoms with Gasteiger partial charge in [0.1, 0.15) is 0 Å². The first-order chi connectivity index (χ1) is 16.4. The van der Waals surface area contributed by atoms with Gasteiger partial charge in [-0.3, -0.25) is 29.0 Å². The molecular formula is C25H26N4O5. The summed E-state index contributed by atoms with van der Waals surface area (Å²) in [5, 5.41) is 2.76. The van der Waals surface area contributed by atoms with Crippen molar-refractivity contribution in [3.8, 4) is 0 Å². The van der Waals surface area contributed by atoms with Crippen LogP contribution in [0.3, 0.4) is 0 Å². The van der Waals surface area contributed by atoms with Crippen LogP contribution in [0, 0.1) is 35.5 Å². The van der Waals surface area contributed by atoms with Crippen LogP contribution in [-0.4, -0.2) is 70.5 Å². The van der Waals surface area contributed by atoms with Crippen molar-refractivity contribution in [3.05, 3.63) is 48.0 Å². The van der Waals surface area contributed by atoms with Crippen molar-refractivity contribution in [1.29, 1.82) is 0 Å². The van der Waals surface area contributed by atoms with Gasteiger partial charge in [-0.2, -0.15) is 0 Å². The molecule has 4 unspecified atom stereocenters. The maximum atomic E-state index is 12.8. The van der Waals surface area contributed by atoms with Gasteiger partial charge in [0.05, 0.1) is 30.2 Å². The molecule has 6 amide bonds. The lowest BCUT2D eigenvalue weighted by atomic mass is 9.85. The SMILES string of the molecule is O=C(NCCN1C(=O)C2C3C=CC(C3)C2C1=O)N1C[C@@H]2C(=O)N(Cc3ccccc3)C(=O)[C@@H]2C1. The largest absolute Gasteiger partial charge is 0.336 e. The summed E-state index contributed by atoms with van der Waals surface area (Å²) < 4.78 is 0. The van der Waals surface area contributed by atoms with E-state index in [2.05, 4.69) is 17.5 Å². The number of imide groups is 2. The summed E-state index contributed by atoms with van der Waals surface area (Å²) in [6.45, 7) is 0.903. The molecule has 3 heterocycles. The molecule has 5 aliphatic rings. The molecule has 34 heavy (non-hydrogen) atoms. The molecule has 0 aromatic heterocycles. The highest BCUT2D eigenvalue weighted by atomic mass is 16.2. The lowest BCUT2D eigenvalue weighted by molar-refractivity contribution is -0.142. The molecule has 1 saturated carbocycles. The van der Waals surface area contributed by atoms with Gasteiger partial charge in [-0.05, 0) is 23.8 Å². The molecule has 4 fully saturated rings. The predicted octanol–water partition coefficient (Wildman–Crippen LogP) is 0.620. The van der Waals surface area contributed by atoms with Crippen LogP contribution in [0.15, 0.2) is 42.5 Å². The normalized spacial score (nSPS) is 33.4. The number of amides is 6. The Morgan fingerprint density at radius 3 is 2.00 bits per heavy atom. The second kappa shape index (κ2) is 7.78. The maximum absolute atomic E-state index is 12.8. The highest BCUT2D eigenvalue weighted by Crippen LogP contribution is 2.52.